The van der Waals surface area contributed by atoms with Gasteiger partial charge in [-0.25, -0.2) is 0 Å². The van der Waals surface area contributed by atoms with E-state index in [0.29, 0.717) is 0 Å². The molecule has 1 heterocycles. The van der Waals surface area contributed by atoms with E-state index in [-0.39, 0.29) is 0 Å². The van der Waals surface area contributed by atoms with E-state index in [1.165, 1.54) is 38.3 Å². The van der Waals surface area contributed by atoms with Crippen LogP contribution >= 0.6 is 0 Å². The largest absolute Gasteiger partial charge is 0.497 e. The maximum absolute atomic E-state index is 5.19. The molecule has 0 amide bonds. The lowest BCUT2D eigenvalue weighted by Crippen LogP contribution is -2.46. The van der Waals surface area contributed by atoms with Crippen molar-refractivity contribution in [1.29, 1.82) is 0 Å². The van der Waals surface area contributed by atoms with Gasteiger partial charge in [0.15, 0.2) is 0 Å². The van der Waals surface area contributed by atoms with E-state index in [2.05, 4.69) is 35.8 Å². The number of hydrogen-bond acceptors (Lipinski definition) is 3. The van der Waals surface area contributed by atoms with E-state index in [4.69, 9.17) is 4.74 Å². The van der Waals surface area contributed by atoms with Crippen LogP contribution in [0.2, 0.25) is 0 Å². The highest BCUT2D eigenvalue weighted by atomic mass is 16.5. The van der Waals surface area contributed by atoms with Crippen LogP contribution in [0.15, 0.2) is 24.3 Å². The Bertz CT molecular complexity index is 367. The lowest BCUT2D eigenvalue weighted by atomic mass is 10.1. The van der Waals surface area contributed by atoms with Crippen molar-refractivity contribution < 1.29 is 4.74 Å². The van der Waals surface area contributed by atoms with Crippen molar-refractivity contribution in [3.63, 3.8) is 0 Å². The first-order valence-corrected chi connectivity index (χ1v) is 7.25. The SMILES string of the molecule is COc1ccc(CN2CCN(CC(C)C)CC2)cc1. The molecule has 3 heteroatoms. The third-order valence-corrected chi connectivity index (χ3v) is 3.65. The highest BCUT2D eigenvalue weighted by Gasteiger charge is 2.17. The fourth-order valence-corrected chi connectivity index (χ4v) is 2.64. The highest BCUT2D eigenvalue weighted by Crippen LogP contribution is 2.14. The molecule has 0 spiro atoms. The quantitative estimate of drug-likeness (QED) is 0.811. The van der Waals surface area contributed by atoms with Gasteiger partial charge in [-0.2, -0.15) is 0 Å². The average Bonchev–Trinajstić information content (AvgIpc) is 2.41. The van der Waals surface area contributed by atoms with E-state index in [9.17, 15) is 0 Å². The molecule has 0 N–H and O–H groups in total. The summed E-state index contributed by atoms with van der Waals surface area (Å²) < 4.78 is 5.19. The molecule has 0 atom stereocenters. The van der Waals surface area contributed by atoms with Gasteiger partial charge in [0.2, 0.25) is 0 Å². The molecule has 0 saturated carbocycles. The summed E-state index contributed by atoms with van der Waals surface area (Å²) in [6, 6.07) is 8.42. The van der Waals surface area contributed by atoms with Crippen LogP contribution in [0.25, 0.3) is 0 Å². The molecule has 1 aromatic carbocycles. The van der Waals surface area contributed by atoms with E-state index in [1.807, 2.05) is 12.1 Å². The van der Waals surface area contributed by atoms with Gasteiger partial charge < -0.3 is 9.64 Å². The number of rotatable bonds is 5. The van der Waals surface area contributed by atoms with E-state index in [0.717, 1.165) is 18.2 Å². The van der Waals surface area contributed by atoms with Crippen LogP contribution in [0.5, 0.6) is 5.75 Å². The summed E-state index contributed by atoms with van der Waals surface area (Å²) in [7, 11) is 1.71. The molecular weight excluding hydrogens is 236 g/mol. The Labute approximate surface area is 117 Å². The first-order chi connectivity index (χ1) is 9.17. The molecule has 3 nitrogen and oxygen atoms in total. The van der Waals surface area contributed by atoms with E-state index >= 15 is 0 Å². The molecule has 1 fully saturated rings. The zero-order chi connectivity index (χ0) is 13.7. The van der Waals surface area contributed by atoms with Crippen LogP contribution in [-0.2, 0) is 6.54 Å². The van der Waals surface area contributed by atoms with Gasteiger partial charge in [-0.3, -0.25) is 4.90 Å². The molecule has 0 aromatic heterocycles. The molecule has 0 bridgehead atoms. The molecule has 0 unspecified atom stereocenters. The number of nitrogens with zero attached hydrogens (tertiary/aromatic N) is 2. The van der Waals surface area contributed by atoms with Gasteiger partial charge in [-0.15, -0.1) is 0 Å². The first-order valence-electron chi connectivity index (χ1n) is 7.25. The minimum atomic E-state index is 0.771. The van der Waals surface area contributed by atoms with Gasteiger partial charge in [0, 0.05) is 39.3 Å². The van der Waals surface area contributed by atoms with Crippen molar-refractivity contribution in [1.82, 2.24) is 9.80 Å². The second kappa shape index (κ2) is 6.92. The third-order valence-electron chi connectivity index (χ3n) is 3.65. The smallest absolute Gasteiger partial charge is 0.118 e. The molecule has 1 aliphatic heterocycles. The first kappa shape index (κ1) is 14.4. The lowest BCUT2D eigenvalue weighted by Gasteiger charge is -2.35. The van der Waals surface area contributed by atoms with Crippen molar-refractivity contribution >= 4 is 0 Å². The Morgan fingerprint density at radius 1 is 1.00 bits per heavy atom. The topological polar surface area (TPSA) is 15.7 Å². The maximum Gasteiger partial charge on any atom is 0.118 e. The van der Waals surface area contributed by atoms with Gasteiger partial charge >= 0.3 is 0 Å². The van der Waals surface area contributed by atoms with Gasteiger partial charge in [-0.1, -0.05) is 26.0 Å². The number of methoxy groups -OCH3 is 1. The summed E-state index contributed by atoms with van der Waals surface area (Å²) in [6.07, 6.45) is 0. The zero-order valence-electron chi connectivity index (χ0n) is 12.4. The van der Waals surface area contributed by atoms with Crippen molar-refractivity contribution in [2.75, 3.05) is 39.8 Å². The van der Waals surface area contributed by atoms with Crippen molar-refractivity contribution in [2.24, 2.45) is 5.92 Å². The summed E-state index contributed by atoms with van der Waals surface area (Å²) in [5, 5.41) is 0. The van der Waals surface area contributed by atoms with Crippen LogP contribution in [-0.4, -0.2) is 49.6 Å². The summed E-state index contributed by atoms with van der Waals surface area (Å²) in [5.74, 6) is 1.71. The predicted octanol–water partition coefficient (Wildman–Crippen LogP) is 2.47. The standard InChI is InChI=1S/C16H26N2O/c1-14(2)12-17-8-10-18(11-9-17)13-15-4-6-16(19-3)7-5-15/h4-7,14H,8-13H2,1-3H3. The molecule has 0 radical (unpaired) electrons. The minimum Gasteiger partial charge on any atom is -0.497 e. The average molecular weight is 262 g/mol. The minimum absolute atomic E-state index is 0.771. The van der Waals surface area contributed by atoms with Crippen LogP contribution in [0, 0.1) is 5.92 Å². The van der Waals surface area contributed by atoms with Crippen molar-refractivity contribution in [3.05, 3.63) is 29.8 Å². The van der Waals surface area contributed by atoms with Gasteiger partial charge in [0.25, 0.3) is 0 Å². The summed E-state index contributed by atoms with van der Waals surface area (Å²) in [6.45, 7) is 11.6. The maximum atomic E-state index is 5.19. The van der Waals surface area contributed by atoms with Crippen LogP contribution in [0.4, 0.5) is 0 Å². The Morgan fingerprint density at radius 2 is 1.58 bits per heavy atom. The lowest BCUT2D eigenvalue weighted by molar-refractivity contribution is 0.117. The number of piperazine rings is 1. The molecule has 1 aliphatic rings. The highest BCUT2D eigenvalue weighted by molar-refractivity contribution is 5.27. The predicted molar refractivity (Wildman–Crippen MR) is 79.5 cm³/mol. The molecule has 19 heavy (non-hydrogen) atoms. The second-order valence-corrected chi connectivity index (χ2v) is 5.82. The van der Waals surface area contributed by atoms with Crippen LogP contribution in [0.3, 0.4) is 0 Å². The van der Waals surface area contributed by atoms with Crippen LogP contribution < -0.4 is 4.74 Å². The molecule has 106 valence electrons. The summed E-state index contributed by atoms with van der Waals surface area (Å²) >= 11 is 0. The Balaban J connectivity index is 1.78. The van der Waals surface area contributed by atoms with Crippen molar-refractivity contribution in [3.8, 4) is 5.75 Å². The summed E-state index contributed by atoms with van der Waals surface area (Å²) in [4.78, 5) is 5.12. The normalized spacial score (nSPS) is 17.9. The fraction of sp³-hybridized carbons (Fsp3) is 0.625. The number of benzene rings is 1. The van der Waals surface area contributed by atoms with E-state index < -0.39 is 0 Å². The van der Waals surface area contributed by atoms with Gasteiger partial charge in [0.05, 0.1) is 7.11 Å². The van der Waals surface area contributed by atoms with E-state index in [1.54, 1.807) is 7.11 Å². The zero-order valence-corrected chi connectivity index (χ0v) is 12.4. The Morgan fingerprint density at radius 3 is 2.11 bits per heavy atom. The van der Waals surface area contributed by atoms with Gasteiger partial charge in [-0.05, 0) is 23.6 Å². The number of ether oxygens (including phenoxy) is 1. The number of hydrogen-bond donors (Lipinski definition) is 0. The molecule has 0 aliphatic carbocycles. The Kier molecular flexibility index (Phi) is 5.23. The molecule has 1 saturated heterocycles. The van der Waals surface area contributed by atoms with Crippen LogP contribution in [0.1, 0.15) is 19.4 Å². The van der Waals surface area contributed by atoms with Gasteiger partial charge in [0.1, 0.15) is 5.75 Å². The second-order valence-electron chi connectivity index (χ2n) is 5.82. The summed E-state index contributed by atoms with van der Waals surface area (Å²) in [5.41, 5.74) is 1.37. The third kappa shape index (κ3) is 4.51. The Hall–Kier alpha value is -1.06. The monoisotopic (exact) mass is 262 g/mol. The molecule has 1 aromatic rings. The van der Waals surface area contributed by atoms with Crippen molar-refractivity contribution in [2.45, 2.75) is 20.4 Å². The molecule has 2 rings (SSSR count). The molecular formula is C16H26N2O. The fourth-order valence-electron chi connectivity index (χ4n) is 2.64.